The fraction of sp³-hybridized carbons (Fsp3) is 0. The number of hydrogen-bond donors (Lipinski definition) is 0. The van der Waals surface area contributed by atoms with Crippen LogP contribution in [0.25, 0.3) is 10.9 Å². The number of nitrogens with zero attached hydrogens (tertiary/aromatic N) is 1. The van der Waals surface area contributed by atoms with E-state index in [0.29, 0.717) is 10.4 Å². The maximum atomic E-state index is 12.4. The Morgan fingerprint density at radius 1 is 1.16 bits per heavy atom. The summed E-state index contributed by atoms with van der Waals surface area (Å²) < 4.78 is 1.82. The summed E-state index contributed by atoms with van der Waals surface area (Å²) in [5.41, 5.74) is 1.51. The van der Waals surface area contributed by atoms with E-state index in [1.165, 1.54) is 11.3 Å². The molecule has 2 heterocycles. The van der Waals surface area contributed by atoms with Gasteiger partial charge in [-0.2, -0.15) is 0 Å². The fourth-order valence-corrected chi connectivity index (χ4v) is 3.79. The monoisotopic (exact) mass is 395 g/mol. The molecule has 0 unspecified atom stereocenters. The van der Waals surface area contributed by atoms with E-state index in [2.05, 4.69) is 36.8 Å². The molecule has 0 aliphatic carbocycles. The van der Waals surface area contributed by atoms with Crippen molar-refractivity contribution in [2.75, 3.05) is 0 Å². The number of rotatable bonds is 2. The van der Waals surface area contributed by atoms with Crippen molar-refractivity contribution >= 4 is 59.9 Å². The minimum absolute atomic E-state index is 0.00495. The van der Waals surface area contributed by atoms with Crippen LogP contribution >= 0.6 is 43.2 Å². The second-order valence-corrected chi connectivity index (χ2v) is 7.20. The van der Waals surface area contributed by atoms with Crippen molar-refractivity contribution in [3.05, 3.63) is 61.3 Å². The van der Waals surface area contributed by atoms with Gasteiger partial charge in [0.1, 0.15) is 0 Å². The van der Waals surface area contributed by atoms with Gasteiger partial charge in [-0.15, -0.1) is 11.3 Å². The Morgan fingerprint density at radius 2 is 1.95 bits per heavy atom. The first-order chi connectivity index (χ1) is 9.15. The Balaban J connectivity index is 2.06. The highest BCUT2D eigenvalue weighted by Gasteiger charge is 2.14. The lowest BCUT2D eigenvalue weighted by Gasteiger charge is -2.00. The van der Waals surface area contributed by atoms with E-state index >= 15 is 0 Å². The molecule has 19 heavy (non-hydrogen) atoms. The first-order valence-electron chi connectivity index (χ1n) is 5.49. The summed E-state index contributed by atoms with van der Waals surface area (Å²) in [4.78, 5) is 17.4. The number of benzene rings is 1. The molecule has 3 aromatic rings. The maximum absolute atomic E-state index is 12.4. The molecule has 0 amide bonds. The first kappa shape index (κ1) is 13.0. The van der Waals surface area contributed by atoms with Crippen molar-refractivity contribution in [2.45, 2.75) is 0 Å². The van der Waals surface area contributed by atoms with Crippen LogP contribution in [-0.2, 0) is 0 Å². The van der Waals surface area contributed by atoms with Crippen LogP contribution < -0.4 is 0 Å². The highest BCUT2D eigenvalue weighted by molar-refractivity contribution is 9.13. The van der Waals surface area contributed by atoms with E-state index in [9.17, 15) is 4.79 Å². The van der Waals surface area contributed by atoms with E-state index in [1.54, 1.807) is 6.20 Å². The van der Waals surface area contributed by atoms with Crippen LogP contribution in [0.1, 0.15) is 15.2 Å². The van der Waals surface area contributed by atoms with Gasteiger partial charge in [-0.1, -0.05) is 18.2 Å². The van der Waals surface area contributed by atoms with Crippen LogP contribution in [0, 0.1) is 0 Å². The molecule has 0 radical (unpaired) electrons. The molecular weight excluding hydrogens is 390 g/mol. The minimum atomic E-state index is -0.00495. The molecule has 1 aromatic carbocycles. The van der Waals surface area contributed by atoms with Gasteiger partial charge in [0.2, 0.25) is 5.78 Å². The van der Waals surface area contributed by atoms with Crippen molar-refractivity contribution in [1.82, 2.24) is 4.98 Å². The number of para-hydroxylation sites is 1. The molecule has 3 rings (SSSR count). The Hall–Kier alpha value is -1.04. The van der Waals surface area contributed by atoms with Gasteiger partial charge in [-0.25, -0.2) is 0 Å². The van der Waals surface area contributed by atoms with Gasteiger partial charge in [-0.3, -0.25) is 9.78 Å². The third-order valence-electron chi connectivity index (χ3n) is 2.72. The summed E-state index contributed by atoms with van der Waals surface area (Å²) in [5, 5.41) is 0.975. The Kier molecular flexibility index (Phi) is 3.52. The number of aromatic nitrogens is 1. The summed E-state index contributed by atoms with van der Waals surface area (Å²) in [7, 11) is 0. The number of pyridine rings is 1. The number of ketones is 1. The molecule has 5 heteroatoms. The lowest BCUT2D eigenvalue weighted by molar-refractivity contribution is 0.104. The van der Waals surface area contributed by atoms with Crippen molar-refractivity contribution in [2.24, 2.45) is 0 Å². The molecule has 94 valence electrons. The van der Waals surface area contributed by atoms with Gasteiger partial charge >= 0.3 is 0 Å². The fourth-order valence-electron chi connectivity index (χ4n) is 1.80. The van der Waals surface area contributed by atoms with E-state index in [4.69, 9.17) is 0 Å². The number of hydrogen-bond acceptors (Lipinski definition) is 3. The predicted octanol–water partition coefficient (Wildman–Crippen LogP) is 5.05. The van der Waals surface area contributed by atoms with E-state index in [-0.39, 0.29) is 5.78 Å². The summed E-state index contributed by atoms with van der Waals surface area (Å²) in [6, 6.07) is 11.5. The van der Waals surface area contributed by atoms with Crippen LogP contribution in [0.4, 0.5) is 0 Å². The number of fused-ring (bicyclic) bond motifs is 1. The average molecular weight is 397 g/mol. The second kappa shape index (κ2) is 5.15. The Bertz CT molecular complexity index is 762. The summed E-state index contributed by atoms with van der Waals surface area (Å²) in [6.07, 6.45) is 1.63. The van der Waals surface area contributed by atoms with Gasteiger partial charge in [0.05, 0.1) is 14.2 Å². The molecule has 0 bridgehead atoms. The number of thiophene rings is 1. The first-order valence-corrected chi connectivity index (χ1v) is 7.90. The normalized spacial score (nSPS) is 10.8. The number of halogens is 2. The number of carbonyl (C=O) groups excluding carboxylic acids is 1. The SMILES string of the molecule is O=C(c1cnc2ccccc2c1)c1cc(Br)c(Br)s1. The lowest BCUT2D eigenvalue weighted by atomic mass is 10.1. The molecular formula is C14H7Br2NOS. The van der Waals surface area contributed by atoms with Crippen molar-refractivity contribution < 1.29 is 4.79 Å². The summed E-state index contributed by atoms with van der Waals surface area (Å²) in [6.45, 7) is 0. The molecule has 0 aliphatic rings. The zero-order valence-corrected chi connectivity index (χ0v) is 13.5. The third kappa shape index (κ3) is 2.50. The molecule has 2 nitrogen and oxygen atoms in total. The molecule has 2 aromatic heterocycles. The van der Waals surface area contributed by atoms with E-state index in [0.717, 1.165) is 19.2 Å². The van der Waals surface area contributed by atoms with Crippen molar-refractivity contribution in [1.29, 1.82) is 0 Å². The zero-order chi connectivity index (χ0) is 13.4. The van der Waals surface area contributed by atoms with Gasteiger partial charge in [0.15, 0.2) is 0 Å². The van der Waals surface area contributed by atoms with Crippen LogP contribution in [0.15, 0.2) is 50.9 Å². The van der Waals surface area contributed by atoms with Crippen LogP contribution in [0.3, 0.4) is 0 Å². The molecule has 0 fully saturated rings. The second-order valence-electron chi connectivity index (χ2n) is 3.98. The van der Waals surface area contributed by atoms with Crippen LogP contribution in [0.5, 0.6) is 0 Å². The summed E-state index contributed by atoms with van der Waals surface area (Å²) >= 11 is 8.21. The largest absolute Gasteiger partial charge is 0.288 e. The van der Waals surface area contributed by atoms with Crippen LogP contribution in [0.2, 0.25) is 0 Å². The smallest absolute Gasteiger partial charge is 0.204 e. The molecule has 0 spiro atoms. The lowest BCUT2D eigenvalue weighted by Crippen LogP contribution is -1.99. The van der Waals surface area contributed by atoms with E-state index in [1.807, 2.05) is 36.4 Å². The summed E-state index contributed by atoms with van der Waals surface area (Å²) in [5.74, 6) is -0.00495. The molecule has 0 saturated carbocycles. The quantitative estimate of drug-likeness (QED) is 0.567. The maximum Gasteiger partial charge on any atom is 0.204 e. The number of carbonyl (C=O) groups is 1. The third-order valence-corrected chi connectivity index (χ3v) is 5.98. The average Bonchev–Trinajstić information content (AvgIpc) is 2.77. The molecule has 0 N–H and O–H groups in total. The zero-order valence-electron chi connectivity index (χ0n) is 9.56. The van der Waals surface area contributed by atoms with E-state index < -0.39 is 0 Å². The van der Waals surface area contributed by atoms with Crippen LogP contribution in [-0.4, -0.2) is 10.8 Å². The highest BCUT2D eigenvalue weighted by Crippen LogP contribution is 2.33. The van der Waals surface area contributed by atoms with Gasteiger partial charge in [-0.05, 0) is 50.1 Å². The van der Waals surface area contributed by atoms with Crippen molar-refractivity contribution in [3.8, 4) is 0 Å². The standard InChI is InChI=1S/C14H7Br2NOS/c15-10-6-12(19-14(10)16)13(18)9-5-8-3-1-2-4-11(8)17-7-9/h1-7H. The molecule has 0 saturated heterocycles. The van der Waals surface area contributed by atoms with Gasteiger partial charge in [0, 0.05) is 21.6 Å². The van der Waals surface area contributed by atoms with Gasteiger partial charge < -0.3 is 0 Å². The molecule has 0 aliphatic heterocycles. The van der Waals surface area contributed by atoms with Gasteiger partial charge in [0.25, 0.3) is 0 Å². The predicted molar refractivity (Wildman–Crippen MR) is 84.9 cm³/mol. The Labute approximate surface area is 130 Å². The Morgan fingerprint density at radius 3 is 2.68 bits per heavy atom. The highest BCUT2D eigenvalue weighted by atomic mass is 79.9. The topological polar surface area (TPSA) is 30.0 Å². The minimum Gasteiger partial charge on any atom is -0.288 e. The van der Waals surface area contributed by atoms with Crippen molar-refractivity contribution in [3.63, 3.8) is 0 Å². The molecule has 0 atom stereocenters.